The number of rotatable bonds is 13. The van der Waals surface area contributed by atoms with E-state index in [9.17, 15) is 9.59 Å². The number of ether oxygens (including phenoxy) is 2. The Morgan fingerprint density at radius 3 is 2.41 bits per heavy atom. The average molecular weight is 562 g/mol. The largest absolute Gasteiger partial charge is 0.490 e. The second-order valence-electron chi connectivity index (χ2n) is 10.6. The van der Waals surface area contributed by atoms with Crippen molar-refractivity contribution in [3.8, 4) is 11.5 Å². The van der Waals surface area contributed by atoms with E-state index in [1.165, 1.54) is 25.5 Å². The molecule has 1 fully saturated rings. The standard InChI is InChI=1S/C32H43N5O4/c1-4-22-21(18-36-32(39)25(33)15-20-11-8-7-9-12-20)13-10-14-26(22)37-30-23-16-28(40-5-2)29(41-6-3)17-27(23)35-19-24(30)31(34)38/h10,13-14,16-17,19-20,25H,4-9,11-12,15,18,33H2,1-3H3,(H2,34,38)(H,35,37)(H,36,39)/t25-/m0/s1. The van der Waals surface area contributed by atoms with Gasteiger partial charge in [-0.2, -0.15) is 0 Å². The summed E-state index contributed by atoms with van der Waals surface area (Å²) in [5, 5.41) is 7.20. The van der Waals surface area contributed by atoms with E-state index in [0.717, 1.165) is 36.1 Å². The molecule has 4 rings (SSSR count). The highest BCUT2D eigenvalue weighted by molar-refractivity contribution is 6.08. The normalized spacial score (nSPS) is 14.4. The van der Waals surface area contributed by atoms with Crippen LogP contribution in [0.1, 0.15) is 80.8 Å². The van der Waals surface area contributed by atoms with Crippen LogP contribution in [0.3, 0.4) is 0 Å². The van der Waals surface area contributed by atoms with Crippen LogP contribution in [0.5, 0.6) is 11.5 Å². The van der Waals surface area contributed by atoms with Gasteiger partial charge in [0.2, 0.25) is 5.91 Å². The van der Waals surface area contributed by atoms with Gasteiger partial charge in [0.1, 0.15) is 0 Å². The zero-order valence-electron chi connectivity index (χ0n) is 24.4. The summed E-state index contributed by atoms with van der Waals surface area (Å²) in [4.78, 5) is 29.8. The van der Waals surface area contributed by atoms with Crippen LogP contribution >= 0.6 is 0 Å². The number of nitrogens with zero attached hydrogens (tertiary/aromatic N) is 1. The monoisotopic (exact) mass is 561 g/mol. The van der Waals surface area contributed by atoms with Gasteiger partial charge in [0.15, 0.2) is 11.5 Å². The zero-order chi connectivity index (χ0) is 29.4. The number of hydrogen-bond donors (Lipinski definition) is 4. The predicted molar refractivity (Wildman–Crippen MR) is 163 cm³/mol. The maximum Gasteiger partial charge on any atom is 0.252 e. The first-order valence-corrected chi connectivity index (χ1v) is 14.8. The molecule has 0 bridgehead atoms. The van der Waals surface area contributed by atoms with Crippen molar-refractivity contribution >= 4 is 34.1 Å². The van der Waals surface area contributed by atoms with Gasteiger partial charge in [-0.3, -0.25) is 14.6 Å². The summed E-state index contributed by atoms with van der Waals surface area (Å²) in [6, 6.07) is 9.01. The van der Waals surface area contributed by atoms with Crippen molar-refractivity contribution in [2.75, 3.05) is 18.5 Å². The van der Waals surface area contributed by atoms with E-state index in [4.69, 9.17) is 20.9 Å². The number of primary amides is 1. The SMILES string of the molecule is CCOc1cc2ncc(C(N)=O)c(Nc3cccc(CNC(=O)[C@@H](N)CC4CCCCC4)c3CC)c2cc1OCC. The van der Waals surface area contributed by atoms with Crippen LogP contribution in [-0.4, -0.2) is 36.1 Å². The maximum absolute atomic E-state index is 12.9. The van der Waals surface area contributed by atoms with Crippen LogP contribution in [0.15, 0.2) is 36.5 Å². The Bertz CT molecular complexity index is 1370. The molecule has 6 N–H and O–H groups in total. The van der Waals surface area contributed by atoms with Crippen molar-refractivity contribution in [1.29, 1.82) is 0 Å². The van der Waals surface area contributed by atoms with Gasteiger partial charge in [0, 0.05) is 29.9 Å². The lowest BCUT2D eigenvalue weighted by molar-refractivity contribution is -0.123. The second kappa shape index (κ2) is 14.2. The van der Waals surface area contributed by atoms with Crippen LogP contribution in [0.2, 0.25) is 0 Å². The maximum atomic E-state index is 12.9. The van der Waals surface area contributed by atoms with Crippen molar-refractivity contribution in [3.05, 3.63) is 53.2 Å². The molecular formula is C32H43N5O4. The first-order chi connectivity index (χ1) is 19.9. The summed E-state index contributed by atoms with van der Waals surface area (Å²) in [7, 11) is 0. The molecule has 0 saturated heterocycles. The Morgan fingerprint density at radius 2 is 1.76 bits per heavy atom. The van der Waals surface area contributed by atoms with Gasteiger partial charge >= 0.3 is 0 Å². The van der Waals surface area contributed by atoms with Gasteiger partial charge in [-0.15, -0.1) is 0 Å². The number of aromatic nitrogens is 1. The number of pyridine rings is 1. The molecule has 0 aliphatic heterocycles. The molecule has 0 radical (unpaired) electrons. The molecule has 220 valence electrons. The van der Waals surface area contributed by atoms with Crippen LogP contribution in [0, 0.1) is 5.92 Å². The third kappa shape index (κ3) is 7.27. The second-order valence-corrected chi connectivity index (χ2v) is 10.6. The summed E-state index contributed by atoms with van der Waals surface area (Å²) >= 11 is 0. The molecule has 1 saturated carbocycles. The number of fused-ring (bicyclic) bond motifs is 1. The Kier molecular flexibility index (Phi) is 10.4. The summed E-state index contributed by atoms with van der Waals surface area (Å²) in [5.41, 5.74) is 16.3. The highest BCUT2D eigenvalue weighted by atomic mass is 16.5. The first kappa shape index (κ1) is 30.1. The lowest BCUT2D eigenvalue weighted by Crippen LogP contribution is -2.41. The van der Waals surface area contributed by atoms with Crippen molar-refractivity contribution in [1.82, 2.24) is 10.3 Å². The fourth-order valence-corrected chi connectivity index (χ4v) is 5.73. The quantitative estimate of drug-likeness (QED) is 0.220. The molecule has 0 spiro atoms. The van der Waals surface area contributed by atoms with E-state index >= 15 is 0 Å². The van der Waals surface area contributed by atoms with E-state index in [1.54, 1.807) is 0 Å². The first-order valence-electron chi connectivity index (χ1n) is 14.8. The Hall–Kier alpha value is -3.85. The molecule has 3 aromatic rings. The molecule has 1 heterocycles. The number of nitrogens with one attached hydrogen (secondary N) is 2. The van der Waals surface area contributed by atoms with E-state index in [2.05, 4.69) is 22.5 Å². The Balaban J connectivity index is 1.62. The number of amides is 2. The van der Waals surface area contributed by atoms with E-state index in [0.29, 0.717) is 60.2 Å². The minimum atomic E-state index is -0.595. The van der Waals surface area contributed by atoms with Gasteiger partial charge in [-0.05, 0) is 55.9 Å². The molecule has 1 aromatic heterocycles. The predicted octanol–water partition coefficient (Wildman–Crippen LogP) is 5.35. The molecule has 0 unspecified atom stereocenters. The lowest BCUT2D eigenvalue weighted by Gasteiger charge is -2.24. The third-order valence-electron chi connectivity index (χ3n) is 7.79. The van der Waals surface area contributed by atoms with Crippen molar-refractivity contribution in [3.63, 3.8) is 0 Å². The minimum absolute atomic E-state index is 0.124. The molecule has 41 heavy (non-hydrogen) atoms. The van der Waals surface area contributed by atoms with Gasteiger partial charge in [0.05, 0.1) is 36.0 Å². The fourth-order valence-electron chi connectivity index (χ4n) is 5.73. The van der Waals surface area contributed by atoms with Gasteiger partial charge < -0.3 is 31.6 Å². The Morgan fingerprint density at radius 1 is 1.05 bits per heavy atom. The van der Waals surface area contributed by atoms with E-state index < -0.39 is 11.9 Å². The topological polar surface area (TPSA) is 142 Å². The summed E-state index contributed by atoms with van der Waals surface area (Å²) < 4.78 is 11.6. The van der Waals surface area contributed by atoms with Crippen molar-refractivity contribution in [2.45, 2.75) is 78.3 Å². The van der Waals surface area contributed by atoms with Crippen molar-refractivity contribution < 1.29 is 19.1 Å². The molecular weight excluding hydrogens is 518 g/mol. The summed E-state index contributed by atoms with van der Waals surface area (Å²) in [6.07, 6.45) is 8.96. The number of hydrogen-bond acceptors (Lipinski definition) is 7. The fraction of sp³-hybridized carbons (Fsp3) is 0.469. The number of anilines is 2. The molecule has 9 nitrogen and oxygen atoms in total. The lowest BCUT2D eigenvalue weighted by atomic mass is 9.85. The van der Waals surface area contributed by atoms with E-state index in [-0.39, 0.29) is 11.5 Å². The summed E-state index contributed by atoms with van der Waals surface area (Å²) in [5.74, 6) is 0.958. The minimum Gasteiger partial charge on any atom is -0.490 e. The molecule has 1 aliphatic rings. The summed E-state index contributed by atoms with van der Waals surface area (Å²) in [6.45, 7) is 7.16. The number of benzene rings is 2. The molecule has 9 heteroatoms. The molecule has 1 aliphatic carbocycles. The molecule has 2 amide bonds. The van der Waals surface area contributed by atoms with Crippen LogP contribution in [-0.2, 0) is 17.8 Å². The van der Waals surface area contributed by atoms with Crippen molar-refractivity contribution in [2.24, 2.45) is 17.4 Å². The van der Waals surface area contributed by atoms with E-state index in [1.807, 2.05) is 44.2 Å². The smallest absolute Gasteiger partial charge is 0.252 e. The number of nitrogens with two attached hydrogens (primary N) is 2. The van der Waals surface area contributed by atoms with Gasteiger partial charge in [0.25, 0.3) is 5.91 Å². The zero-order valence-corrected chi connectivity index (χ0v) is 24.4. The highest BCUT2D eigenvalue weighted by Gasteiger charge is 2.22. The molecule has 2 aromatic carbocycles. The number of carbonyl (C=O) groups is 2. The Labute approximate surface area is 242 Å². The van der Waals surface area contributed by atoms with Crippen LogP contribution < -0.4 is 31.6 Å². The van der Waals surface area contributed by atoms with Gasteiger partial charge in [-0.1, -0.05) is 51.2 Å². The highest BCUT2D eigenvalue weighted by Crippen LogP contribution is 2.38. The number of carbonyl (C=O) groups excluding carboxylic acids is 2. The van der Waals surface area contributed by atoms with Crippen LogP contribution in [0.25, 0.3) is 10.9 Å². The average Bonchev–Trinajstić information content (AvgIpc) is 2.97. The van der Waals surface area contributed by atoms with Gasteiger partial charge in [-0.25, -0.2) is 0 Å². The van der Waals surface area contributed by atoms with Crippen LogP contribution in [0.4, 0.5) is 11.4 Å². The molecule has 1 atom stereocenters. The third-order valence-corrected chi connectivity index (χ3v) is 7.79.